The summed E-state index contributed by atoms with van der Waals surface area (Å²) in [6, 6.07) is 2.89. The minimum absolute atomic E-state index is 0.663. The van der Waals surface area contributed by atoms with Crippen molar-refractivity contribution < 1.29 is 0 Å². The smallest absolute Gasteiger partial charge is 0.0627 e. The minimum atomic E-state index is 0.663. The van der Waals surface area contributed by atoms with E-state index >= 15 is 0 Å². The van der Waals surface area contributed by atoms with Crippen molar-refractivity contribution in [2.45, 2.75) is 64.8 Å². The molecular formula is C16H29N3. The zero-order chi connectivity index (χ0) is 13.5. The van der Waals surface area contributed by atoms with E-state index in [1.165, 1.54) is 44.2 Å². The second-order valence-corrected chi connectivity index (χ2v) is 5.86. The third-order valence-electron chi connectivity index (χ3n) is 4.37. The van der Waals surface area contributed by atoms with Crippen LogP contribution in [-0.4, -0.2) is 22.9 Å². The van der Waals surface area contributed by atoms with Gasteiger partial charge in [-0.1, -0.05) is 39.5 Å². The Bertz CT molecular complexity index is 353. The maximum absolute atomic E-state index is 4.82. The highest BCUT2D eigenvalue weighted by atomic mass is 15.3. The van der Waals surface area contributed by atoms with Crippen molar-refractivity contribution in [3.8, 4) is 0 Å². The van der Waals surface area contributed by atoms with Crippen LogP contribution < -0.4 is 5.32 Å². The summed E-state index contributed by atoms with van der Waals surface area (Å²) >= 11 is 0. The van der Waals surface area contributed by atoms with Gasteiger partial charge in [-0.05, 0) is 44.3 Å². The average Bonchev–Trinajstić information content (AvgIpc) is 2.93. The topological polar surface area (TPSA) is 29.9 Å². The Morgan fingerprint density at radius 1 is 1.32 bits per heavy atom. The highest BCUT2D eigenvalue weighted by Gasteiger charge is 2.16. The monoisotopic (exact) mass is 263 g/mol. The van der Waals surface area contributed by atoms with E-state index < -0.39 is 0 Å². The van der Waals surface area contributed by atoms with Crippen LogP contribution in [0.5, 0.6) is 0 Å². The summed E-state index contributed by atoms with van der Waals surface area (Å²) in [5.74, 6) is 0.717. The molecule has 1 N–H and O–H groups in total. The molecule has 1 aromatic rings. The van der Waals surface area contributed by atoms with E-state index in [-0.39, 0.29) is 0 Å². The lowest BCUT2D eigenvalue weighted by Crippen LogP contribution is -2.23. The predicted octanol–water partition coefficient (Wildman–Crippen LogP) is 3.57. The van der Waals surface area contributed by atoms with Gasteiger partial charge in [-0.25, -0.2) is 0 Å². The molecule has 0 bridgehead atoms. The molecule has 1 saturated carbocycles. The van der Waals surface area contributed by atoms with Gasteiger partial charge in [-0.15, -0.1) is 0 Å². The zero-order valence-electron chi connectivity index (χ0n) is 12.6. The van der Waals surface area contributed by atoms with Crippen molar-refractivity contribution >= 4 is 0 Å². The second kappa shape index (κ2) is 7.68. The lowest BCUT2D eigenvalue weighted by atomic mass is 9.96. The molecule has 1 fully saturated rings. The van der Waals surface area contributed by atoms with E-state index in [4.69, 9.17) is 5.10 Å². The first-order valence-electron chi connectivity index (χ1n) is 8.08. The minimum Gasteiger partial charge on any atom is -0.317 e. The fourth-order valence-corrected chi connectivity index (χ4v) is 3.04. The molecule has 1 heterocycles. The van der Waals surface area contributed by atoms with Gasteiger partial charge < -0.3 is 5.32 Å². The van der Waals surface area contributed by atoms with Crippen LogP contribution in [0.25, 0.3) is 0 Å². The number of rotatable bonds is 7. The quantitative estimate of drug-likeness (QED) is 0.815. The summed E-state index contributed by atoms with van der Waals surface area (Å²) in [6.45, 7) is 6.63. The van der Waals surface area contributed by atoms with E-state index in [2.05, 4.69) is 36.1 Å². The molecule has 0 spiro atoms. The van der Waals surface area contributed by atoms with E-state index in [0.717, 1.165) is 25.4 Å². The van der Waals surface area contributed by atoms with Crippen LogP contribution in [0.1, 0.15) is 64.1 Å². The van der Waals surface area contributed by atoms with E-state index in [1.54, 1.807) is 0 Å². The SMILES string of the molecule is CCNCC(CC)Cc1ccn(C2CCCCC2)n1. The largest absolute Gasteiger partial charge is 0.317 e. The summed E-state index contributed by atoms with van der Waals surface area (Å²) in [6.07, 6.45) is 11.3. The Morgan fingerprint density at radius 3 is 2.79 bits per heavy atom. The molecule has 1 aliphatic rings. The van der Waals surface area contributed by atoms with Crippen molar-refractivity contribution in [1.82, 2.24) is 15.1 Å². The number of nitrogens with one attached hydrogen (secondary N) is 1. The van der Waals surface area contributed by atoms with Crippen LogP contribution in [0, 0.1) is 5.92 Å². The van der Waals surface area contributed by atoms with E-state index in [0.29, 0.717) is 6.04 Å². The fourth-order valence-electron chi connectivity index (χ4n) is 3.04. The summed E-state index contributed by atoms with van der Waals surface area (Å²) in [4.78, 5) is 0. The van der Waals surface area contributed by atoms with Crippen molar-refractivity contribution in [2.24, 2.45) is 5.92 Å². The Morgan fingerprint density at radius 2 is 2.11 bits per heavy atom. The molecule has 0 aromatic carbocycles. The van der Waals surface area contributed by atoms with Crippen molar-refractivity contribution in [3.63, 3.8) is 0 Å². The molecular weight excluding hydrogens is 234 g/mol. The summed E-state index contributed by atoms with van der Waals surface area (Å²) in [5, 5.41) is 8.27. The van der Waals surface area contributed by atoms with Crippen molar-refractivity contribution in [3.05, 3.63) is 18.0 Å². The molecule has 1 atom stereocenters. The van der Waals surface area contributed by atoms with Gasteiger partial charge in [0.2, 0.25) is 0 Å². The van der Waals surface area contributed by atoms with Gasteiger partial charge in [0.1, 0.15) is 0 Å². The summed E-state index contributed by atoms with van der Waals surface area (Å²) in [5.41, 5.74) is 1.27. The van der Waals surface area contributed by atoms with Crippen LogP contribution >= 0.6 is 0 Å². The van der Waals surface area contributed by atoms with Gasteiger partial charge >= 0.3 is 0 Å². The molecule has 1 aliphatic carbocycles. The first kappa shape index (κ1) is 14.6. The van der Waals surface area contributed by atoms with Gasteiger partial charge in [0.15, 0.2) is 0 Å². The van der Waals surface area contributed by atoms with Gasteiger partial charge in [0.05, 0.1) is 11.7 Å². The van der Waals surface area contributed by atoms with Crippen LogP contribution in [0.3, 0.4) is 0 Å². The van der Waals surface area contributed by atoms with Gasteiger partial charge in [-0.3, -0.25) is 4.68 Å². The van der Waals surface area contributed by atoms with Gasteiger partial charge in [0.25, 0.3) is 0 Å². The Kier molecular flexibility index (Phi) is 5.90. The lowest BCUT2D eigenvalue weighted by Gasteiger charge is -2.22. The molecule has 0 aliphatic heterocycles. The Labute approximate surface area is 117 Å². The Hall–Kier alpha value is -0.830. The van der Waals surface area contributed by atoms with Gasteiger partial charge in [0, 0.05) is 6.20 Å². The highest BCUT2D eigenvalue weighted by molar-refractivity contribution is 5.01. The number of hydrogen-bond donors (Lipinski definition) is 1. The fraction of sp³-hybridized carbons (Fsp3) is 0.812. The zero-order valence-corrected chi connectivity index (χ0v) is 12.6. The molecule has 0 saturated heterocycles. The van der Waals surface area contributed by atoms with Crippen molar-refractivity contribution in [1.29, 1.82) is 0 Å². The normalized spacial score (nSPS) is 18.6. The van der Waals surface area contributed by atoms with Gasteiger partial charge in [-0.2, -0.15) is 5.10 Å². The van der Waals surface area contributed by atoms with Crippen LogP contribution in [0.4, 0.5) is 0 Å². The second-order valence-electron chi connectivity index (χ2n) is 5.86. The summed E-state index contributed by atoms with van der Waals surface area (Å²) < 4.78 is 2.23. The molecule has 19 heavy (non-hydrogen) atoms. The molecule has 108 valence electrons. The summed E-state index contributed by atoms with van der Waals surface area (Å²) in [7, 11) is 0. The highest BCUT2D eigenvalue weighted by Crippen LogP contribution is 2.27. The predicted molar refractivity (Wildman–Crippen MR) is 80.4 cm³/mol. The van der Waals surface area contributed by atoms with Crippen LogP contribution in [0.2, 0.25) is 0 Å². The molecule has 0 amide bonds. The molecule has 3 heteroatoms. The molecule has 1 unspecified atom stereocenters. The van der Waals surface area contributed by atoms with Crippen LogP contribution in [-0.2, 0) is 6.42 Å². The number of aromatic nitrogens is 2. The number of nitrogens with zero attached hydrogens (tertiary/aromatic N) is 2. The Balaban J connectivity index is 1.88. The lowest BCUT2D eigenvalue weighted by molar-refractivity contribution is 0.327. The standard InChI is InChI=1S/C16H29N3/c1-3-14(13-17-4-2)12-15-10-11-19(18-15)16-8-6-5-7-9-16/h10-11,14,16-17H,3-9,12-13H2,1-2H3. The molecule has 1 aromatic heterocycles. The first-order valence-corrected chi connectivity index (χ1v) is 8.08. The first-order chi connectivity index (χ1) is 9.33. The third kappa shape index (κ3) is 4.34. The van der Waals surface area contributed by atoms with Crippen molar-refractivity contribution in [2.75, 3.05) is 13.1 Å². The van der Waals surface area contributed by atoms with Crippen LogP contribution in [0.15, 0.2) is 12.3 Å². The van der Waals surface area contributed by atoms with E-state index in [9.17, 15) is 0 Å². The third-order valence-corrected chi connectivity index (χ3v) is 4.37. The average molecular weight is 263 g/mol. The molecule has 0 radical (unpaired) electrons. The maximum Gasteiger partial charge on any atom is 0.0627 e. The molecule has 3 nitrogen and oxygen atoms in total. The maximum atomic E-state index is 4.82. The molecule has 2 rings (SSSR count). The number of hydrogen-bond acceptors (Lipinski definition) is 2. The van der Waals surface area contributed by atoms with E-state index in [1.807, 2.05) is 0 Å².